The average Bonchev–Trinajstić information content (AvgIpc) is 2.82. The van der Waals surface area contributed by atoms with Gasteiger partial charge in [0.2, 0.25) is 10.0 Å². The van der Waals surface area contributed by atoms with Crippen molar-refractivity contribution in [1.29, 1.82) is 0 Å². The van der Waals surface area contributed by atoms with Gasteiger partial charge in [0.05, 0.1) is 10.4 Å². The van der Waals surface area contributed by atoms with E-state index in [0.717, 1.165) is 10.4 Å². The molecule has 0 amide bonds. The zero-order valence-electron chi connectivity index (χ0n) is 9.96. The summed E-state index contributed by atoms with van der Waals surface area (Å²) in [5.74, 6) is 0. The van der Waals surface area contributed by atoms with E-state index in [9.17, 15) is 8.42 Å². The van der Waals surface area contributed by atoms with Gasteiger partial charge >= 0.3 is 0 Å². The fourth-order valence-corrected chi connectivity index (χ4v) is 3.48. The Hall–Kier alpha value is -1.24. The van der Waals surface area contributed by atoms with Crippen molar-refractivity contribution >= 4 is 21.4 Å². The maximum atomic E-state index is 12.1. The van der Waals surface area contributed by atoms with Crippen molar-refractivity contribution in [2.45, 2.75) is 18.2 Å². The van der Waals surface area contributed by atoms with Crippen LogP contribution in [0.1, 0.15) is 10.4 Å². The number of benzene rings is 1. The van der Waals surface area contributed by atoms with Crippen molar-refractivity contribution in [2.24, 2.45) is 0 Å². The third-order valence-electron chi connectivity index (χ3n) is 2.53. The number of nitrogens with zero attached hydrogens (tertiary/aromatic N) is 1. The number of nitrogens with one attached hydrogen (secondary N) is 1. The highest BCUT2D eigenvalue weighted by atomic mass is 32.2. The van der Waals surface area contributed by atoms with Crippen LogP contribution in [0.25, 0.3) is 0 Å². The molecule has 2 aromatic rings. The fraction of sp³-hybridized carbons (Fsp3) is 0.250. The van der Waals surface area contributed by atoms with Gasteiger partial charge in [0.15, 0.2) is 0 Å². The molecule has 6 heteroatoms. The Morgan fingerprint density at radius 1 is 1.33 bits per heavy atom. The van der Waals surface area contributed by atoms with Crippen LogP contribution in [0.2, 0.25) is 0 Å². The number of hydrogen-bond donors (Lipinski definition) is 1. The van der Waals surface area contributed by atoms with Crippen LogP contribution in [-0.4, -0.2) is 19.9 Å². The van der Waals surface area contributed by atoms with Gasteiger partial charge in [0, 0.05) is 17.6 Å². The van der Waals surface area contributed by atoms with Gasteiger partial charge in [0.1, 0.15) is 0 Å². The van der Waals surface area contributed by atoms with Crippen LogP contribution in [0.5, 0.6) is 0 Å². The van der Waals surface area contributed by atoms with E-state index in [1.54, 1.807) is 36.8 Å². The van der Waals surface area contributed by atoms with Gasteiger partial charge in [-0.15, -0.1) is 11.3 Å². The molecule has 0 unspecified atom stereocenters. The second-order valence-electron chi connectivity index (χ2n) is 3.88. The molecule has 0 bridgehead atoms. The summed E-state index contributed by atoms with van der Waals surface area (Å²) in [4.78, 5) is 5.36. The third-order valence-corrected chi connectivity index (χ3v) is 4.99. The number of thiazole rings is 1. The Morgan fingerprint density at radius 2 is 2.11 bits per heavy atom. The minimum absolute atomic E-state index is 0.342. The zero-order chi connectivity index (χ0) is 13.0. The summed E-state index contributed by atoms with van der Waals surface area (Å²) in [5.41, 5.74) is 2.49. The van der Waals surface area contributed by atoms with E-state index in [-0.39, 0.29) is 0 Å². The molecule has 2 rings (SSSR count). The lowest BCUT2D eigenvalue weighted by atomic mass is 10.2. The summed E-state index contributed by atoms with van der Waals surface area (Å²) < 4.78 is 26.7. The van der Waals surface area contributed by atoms with Gasteiger partial charge in [-0.05, 0) is 25.0 Å². The molecule has 1 aromatic carbocycles. The normalized spacial score (nSPS) is 11.6. The molecular weight excluding hydrogens is 268 g/mol. The Balaban J connectivity index is 2.02. The number of aromatic nitrogens is 1. The fourth-order valence-electron chi connectivity index (χ4n) is 1.61. The first-order valence-electron chi connectivity index (χ1n) is 5.52. The molecule has 0 radical (unpaired) electrons. The molecule has 1 aromatic heterocycles. The van der Waals surface area contributed by atoms with Crippen LogP contribution in [0, 0.1) is 6.92 Å². The minimum Gasteiger partial charge on any atom is -0.253 e. The van der Waals surface area contributed by atoms with Gasteiger partial charge in [-0.3, -0.25) is 4.98 Å². The van der Waals surface area contributed by atoms with E-state index in [1.807, 2.05) is 6.07 Å². The maximum Gasteiger partial charge on any atom is 0.240 e. The molecule has 0 atom stereocenters. The summed E-state index contributed by atoms with van der Waals surface area (Å²) in [5, 5.41) is 0. The van der Waals surface area contributed by atoms with Gasteiger partial charge in [0.25, 0.3) is 0 Å². The highest BCUT2D eigenvalue weighted by molar-refractivity contribution is 7.89. The van der Waals surface area contributed by atoms with Crippen molar-refractivity contribution in [3.8, 4) is 0 Å². The number of rotatable bonds is 5. The van der Waals surface area contributed by atoms with Crippen LogP contribution in [0.4, 0.5) is 0 Å². The van der Waals surface area contributed by atoms with Gasteiger partial charge in [-0.1, -0.05) is 18.2 Å². The summed E-state index contributed by atoms with van der Waals surface area (Å²) in [6.07, 6.45) is 2.42. The highest BCUT2D eigenvalue weighted by Gasteiger charge is 2.15. The van der Waals surface area contributed by atoms with E-state index >= 15 is 0 Å². The largest absolute Gasteiger partial charge is 0.253 e. The summed E-state index contributed by atoms with van der Waals surface area (Å²) >= 11 is 1.53. The number of aryl methyl sites for hydroxylation is 1. The smallest absolute Gasteiger partial charge is 0.240 e. The van der Waals surface area contributed by atoms with Crippen molar-refractivity contribution in [2.75, 3.05) is 6.54 Å². The first-order valence-corrected chi connectivity index (χ1v) is 7.88. The van der Waals surface area contributed by atoms with Crippen LogP contribution in [-0.2, 0) is 16.4 Å². The standard InChI is InChI=1S/C12H14N2O2S2/c1-10-4-2-3-5-12(10)18(15,16)14-7-6-11-8-13-9-17-11/h2-5,8-9,14H,6-7H2,1H3. The molecule has 96 valence electrons. The lowest BCUT2D eigenvalue weighted by molar-refractivity contribution is 0.581. The predicted octanol–water partition coefficient (Wildman–Crippen LogP) is 1.97. The Morgan fingerprint density at radius 3 is 2.78 bits per heavy atom. The second kappa shape index (κ2) is 5.60. The quantitative estimate of drug-likeness (QED) is 0.912. The van der Waals surface area contributed by atoms with Crippen LogP contribution in [0.3, 0.4) is 0 Å². The zero-order valence-corrected chi connectivity index (χ0v) is 11.6. The second-order valence-corrected chi connectivity index (χ2v) is 6.59. The van der Waals surface area contributed by atoms with E-state index in [0.29, 0.717) is 17.9 Å². The molecule has 0 spiro atoms. The van der Waals surface area contributed by atoms with Gasteiger partial charge in [-0.2, -0.15) is 0 Å². The van der Waals surface area contributed by atoms with Crippen molar-refractivity contribution in [3.05, 3.63) is 46.4 Å². The van der Waals surface area contributed by atoms with Crippen LogP contribution >= 0.6 is 11.3 Å². The van der Waals surface area contributed by atoms with Crippen molar-refractivity contribution in [3.63, 3.8) is 0 Å². The first-order chi connectivity index (χ1) is 8.59. The predicted molar refractivity (Wildman–Crippen MR) is 72.2 cm³/mol. The van der Waals surface area contributed by atoms with E-state index in [4.69, 9.17) is 0 Å². The Labute approximate surface area is 111 Å². The molecule has 0 saturated carbocycles. The summed E-state index contributed by atoms with van der Waals surface area (Å²) in [6, 6.07) is 6.96. The van der Waals surface area contributed by atoms with E-state index in [2.05, 4.69) is 9.71 Å². The highest BCUT2D eigenvalue weighted by Crippen LogP contribution is 2.14. The molecule has 0 aliphatic carbocycles. The average molecular weight is 282 g/mol. The molecule has 1 N–H and O–H groups in total. The van der Waals surface area contributed by atoms with E-state index in [1.165, 1.54) is 11.3 Å². The van der Waals surface area contributed by atoms with Gasteiger partial charge in [-0.25, -0.2) is 13.1 Å². The molecule has 4 nitrogen and oxygen atoms in total. The molecule has 0 fully saturated rings. The number of sulfonamides is 1. The molecule has 0 saturated heterocycles. The minimum atomic E-state index is -3.41. The SMILES string of the molecule is Cc1ccccc1S(=O)(=O)NCCc1cncs1. The topological polar surface area (TPSA) is 59.1 Å². The molecule has 1 heterocycles. The lowest BCUT2D eigenvalue weighted by Gasteiger charge is -2.08. The van der Waals surface area contributed by atoms with Crippen LogP contribution < -0.4 is 4.72 Å². The Bertz CT molecular complexity index is 607. The Kier molecular flexibility index (Phi) is 4.11. The molecule has 0 aliphatic rings. The summed E-state index contributed by atoms with van der Waals surface area (Å²) in [7, 11) is -3.41. The molecule has 18 heavy (non-hydrogen) atoms. The molecule has 0 aliphatic heterocycles. The van der Waals surface area contributed by atoms with Crippen molar-refractivity contribution in [1.82, 2.24) is 9.71 Å². The monoisotopic (exact) mass is 282 g/mol. The van der Waals surface area contributed by atoms with Crippen molar-refractivity contribution < 1.29 is 8.42 Å². The van der Waals surface area contributed by atoms with E-state index < -0.39 is 10.0 Å². The lowest BCUT2D eigenvalue weighted by Crippen LogP contribution is -2.26. The summed E-state index contributed by atoms with van der Waals surface area (Å²) in [6.45, 7) is 2.18. The third kappa shape index (κ3) is 3.16. The molecular formula is C12H14N2O2S2. The number of hydrogen-bond acceptors (Lipinski definition) is 4. The van der Waals surface area contributed by atoms with Crippen LogP contribution in [0.15, 0.2) is 40.9 Å². The first kappa shape index (κ1) is 13.2. The van der Waals surface area contributed by atoms with Gasteiger partial charge < -0.3 is 0 Å². The maximum absolute atomic E-state index is 12.1.